The molecule has 1 aliphatic rings. The third-order valence-corrected chi connectivity index (χ3v) is 6.54. The van der Waals surface area contributed by atoms with E-state index in [1.54, 1.807) is 15.9 Å². The molecule has 0 unspecified atom stereocenters. The van der Waals surface area contributed by atoms with Gasteiger partial charge in [-0.25, -0.2) is 4.39 Å². The zero-order chi connectivity index (χ0) is 26.9. The molecule has 0 N–H and O–H groups in total. The summed E-state index contributed by atoms with van der Waals surface area (Å²) in [6, 6.07) is 12.0. The second kappa shape index (κ2) is 13.5. The highest BCUT2D eigenvalue weighted by molar-refractivity contribution is 5.96. The van der Waals surface area contributed by atoms with E-state index in [1.165, 1.54) is 19.2 Å². The van der Waals surface area contributed by atoms with Gasteiger partial charge in [0, 0.05) is 64.3 Å². The van der Waals surface area contributed by atoms with Crippen LogP contribution in [0.2, 0.25) is 0 Å². The fraction of sp³-hybridized carbons (Fsp3) is 0.517. The van der Waals surface area contributed by atoms with Gasteiger partial charge in [0.2, 0.25) is 0 Å². The topological polar surface area (TPSA) is 56.3 Å². The summed E-state index contributed by atoms with van der Waals surface area (Å²) in [6.07, 6.45) is 1.60. The first-order valence-electron chi connectivity index (χ1n) is 13.1. The first-order valence-corrected chi connectivity index (χ1v) is 13.1. The largest absolute Gasteiger partial charge is 0.378 e. The van der Waals surface area contributed by atoms with Gasteiger partial charge >= 0.3 is 0 Å². The van der Waals surface area contributed by atoms with Crippen LogP contribution in [0, 0.1) is 11.7 Å². The number of hydrogen-bond acceptors (Lipinski definition) is 5. The van der Waals surface area contributed by atoms with E-state index in [1.807, 2.05) is 43.3 Å². The zero-order valence-corrected chi connectivity index (χ0v) is 22.9. The summed E-state index contributed by atoms with van der Waals surface area (Å²) in [5.41, 5.74) is 2.76. The second-order valence-electron chi connectivity index (χ2n) is 10.3. The van der Waals surface area contributed by atoms with E-state index < -0.39 is 5.82 Å². The summed E-state index contributed by atoms with van der Waals surface area (Å²) in [5, 5.41) is 0. The fourth-order valence-electron chi connectivity index (χ4n) is 4.83. The first kappa shape index (κ1) is 28.6. The molecule has 2 aromatic carbocycles. The molecule has 2 amide bonds. The Kier molecular flexibility index (Phi) is 10.5. The Balaban J connectivity index is 2.01. The Morgan fingerprint density at radius 3 is 2.43 bits per heavy atom. The van der Waals surface area contributed by atoms with Crippen LogP contribution in [-0.4, -0.2) is 82.1 Å². The quantitative estimate of drug-likeness (QED) is 0.579. The molecule has 3 rings (SSSR count). The number of benzene rings is 2. The predicted molar refractivity (Wildman–Crippen MR) is 147 cm³/mol. The average molecular weight is 513 g/mol. The molecule has 1 aliphatic heterocycles. The molecule has 0 saturated heterocycles. The lowest BCUT2D eigenvalue weighted by Crippen LogP contribution is -2.40. The molecule has 37 heavy (non-hydrogen) atoms. The van der Waals surface area contributed by atoms with Crippen LogP contribution in [0.4, 0.5) is 15.8 Å². The third-order valence-electron chi connectivity index (χ3n) is 6.54. The van der Waals surface area contributed by atoms with E-state index in [2.05, 4.69) is 18.7 Å². The van der Waals surface area contributed by atoms with Gasteiger partial charge in [0.15, 0.2) is 0 Å². The van der Waals surface area contributed by atoms with Crippen molar-refractivity contribution < 1.29 is 18.7 Å². The molecule has 0 bridgehead atoms. The minimum atomic E-state index is -0.393. The van der Waals surface area contributed by atoms with Crippen molar-refractivity contribution in [3.63, 3.8) is 0 Å². The van der Waals surface area contributed by atoms with Gasteiger partial charge in [0.1, 0.15) is 12.4 Å². The number of ether oxygens (including phenoxy) is 1. The van der Waals surface area contributed by atoms with Gasteiger partial charge in [-0.05, 0) is 73.8 Å². The summed E-state index contributed by atoms with van der Waals surface area (Å²) < 4.78 is 19.6. The third kappa shape index (κ3) is 8.01. The minimum absolute atomic E-state index is 0.0630. The van der Waals surface area contributed by atoms with Crippen molar-refractivity contribution in [3.8, 4) is 0 Å². The molecule has 1 heterocycles. The number of amides is 2. The van der Waals surface area contributed by atoms with Crippen LogP contribution in [0.5, 0.6) is 0 Å². The summed E-state index contributed by atoms with van der Waals surface area (Å²) in [6.45, 7) is 8.20. The molecule has 0 radical (unpaired) electrons. The van der Waals surface area contributed by atoms with E-state index in [9.17, 15) is 14.0 Å². The van der Waals surface area contributed by atoms with Crippen LogP contribution in [0.15, 0.2) is 42.5 Å². The van der Waals surface area contributed by atoms with Crippen LogP contribution in [0.1, 0.15) is 42.6 Å². The summed E-state index contributed by atoms with van der Waals surface area (Å²) in [7, 11) is 5.37. The molecular weight excluding hydrogens is 471 g/mol. The maximum Gasteiger partial charge on any atom is 0.254 e. The van der Waals surface area contributed by atoms with Gasteiger partial charge in [-0.1, -0.05) is 19.9 Å². The number of rotatable bonds is 6. The zero-order valence-electron chi connectivity index (χ0n) is 22.9. The molecular formula is C29H41FN4O3. The van der Waals surface area contributed by atoms with Gasteiger partial charge in [-0.3, -0.25) is 9.59 Å². The fourth-order valence-corrected chi connectivity index (χ4v) is 4.83. The van der Waals surface area contributed by atoms with Crippen LogP contribution in [0.3, 0.4) is 0 Å². The molecule has 202 valence electrons. The molecule has 0 spiro atoms. The van der Waals surface area contributed by atoms with E-state index >= 15 is 0 Å². The van der Waals surface area contributed by atoms with Crippen molar-refractivity contribution in [2.24, 2.45) is 5.92 Å². The van der Waals surface area contributed by atoms with Crippen molar-refractivity contribution in [2.75, 3.05) is 70.3 Å². The SMILES string of the molecule is COCC(=O)N1CCCN(CC(C)C)CCCN(C(=O)c2cccc(N(C)C)c2)Cc2cc(F)ccc21. The van der Waals surface area contributed by atoms with Crippen molar-refractivity contribution in [1.29, 1.82) is 0 Å². The van der Waals surface area contributed by atoms with Crippen molar-refractivity contribution in [1.82, 2.24) is 9.80 Å². The van der Waals surface area contributed by atoms with Crippen molar-refractivity contribution >= 4 is 23.2 Å². The second-order valence-corrected chi connectivity index (χ2v) is 10.3. The number of halogens is 1. The minimum Gasteiger partial charge on any atom is -0.378 e. The number of anilines is 2. The molecule has 0 aromatic heterocycles. The molecule has 7 nitrogen and oxygen atoms in total. The molecule has 0 atom stereocenters. The highest BCUT2D eigenvalue weighted by Gasteiger charge is 2.24. The number of carbonyl (C=O) groups is 2. The normalized spacial score (nSPS) is 15.6. The molecule has 2 aromatic rings. The van der Waals surface area contributed by atoms with Gasteiger partial charge in [-0.15, -0.1) is 0 Å². The van der Waals surface area contributed by atoms with Crippen LogP contribution in [-0.2, 0) is 16.1 Å². The Bertz CT molecular complexity index is 1060. The molecule has 8 heteroatoms. The van der Waals surface area contributed by atoms with E-state index in [0.717, 1.165) is 38.2 Å². The van der Waals surface area contributed by atoms with Gasteiger partial charge in [0.25, 0.3) is 11.8 Å². The van der Waals surface area contributed by atoms with Gasteiger partial charge in [0.05, 0.1) is 0 Å². The number of nitrogens with zero attached hydrogens (tertiary/aromatic N) is 4. The maximum absolute atomic E-state index is 14.5. The van der Waals surface area contributed by atoms with Crippen LogP contribution < -0.4 is 9.80 Å². The number of carbonyl (C=O) groups excluding carboxylic acids is 2. The Morgan fingerprint density at radius 1 is 1.03 bits per heavy atom. The summed E-state index contributed by atoms with van der Waals surface area (Å²) in [4.78, 5) is 34.7. The highest BCUT2D eigenvalue weighted by Crippen LogP contribution is 2.26. The lowest BCUT2D eigenvalue weighted by atomic mass is 10.1. The number of fused-ring (bicyclic) bond motifs is 1. The average Bonchev–Trinajstić information content (AvgIpc) is 2.85. The van der Waals surface area contributed by atoms with E-state index in [-0.39, 0.29) is 25.0 Å². The molecule has 0 saturated carbocycles. The highest BCUT2D eigenvalue weighted by atomic mass is 19.1. The predicted octanol–water partition coefficient (Wildman–Crippen LogP) is 4.27. The monoisotopic (exact) mass is 512 g/mol. The van der Waals surface area contributed by atoms with Crippen LogP contribution in [0.25, 0.3) is 0 Å². The van der Waals surface area contributed by atoms with E-state index in [4.69, 9.17) is 4.74 Å². The number of methoxy groups -OCH3 is 1. The van der Waals surface area contributed by atoms with E-state index in [0.29, 0.717) is 35.8 Å². The van der Waals surface area contributed by atoms with Gasteiger partial charge in [-0.2, -0.15) is 0 Å². The molecule has 0 fully saturated rings. The maximum atomic E-state index is 14.5. The summed E-state index contributed by atoms with van der Waals surface area (Å²) in [5.74, 6) is -0.176. The van der Waals surface area contributed by atoms with Gasteiger partial charge < -0.3 is 24.3 Å². The van der Waals surface area contributed by atoms with Crippen LogP contribution >= 0.6 is 0 Å². The standard InChI is InChI=1S/C29H41FN4O3/c1-22(2)19-32-13-7-15-33(29(36)23-9-6-10-26(18-23)31(3)4)20-24-17-25(30)11-12-27(24)34(16-8-14-32)28(35)21-37-5/h6,9-12,17-18,22H,7-8,13-16,19-21H2,1-5H3. The smallest absolute Gasteiger partial charge is 0.254 e. The Hall–Kier alpha value is -2.97. The molecule has 0 aliphatic carbocycles. The lowest BCUT2D eigenvalue weighted by Gasteiger charge is -2.32. The van der Waals surface area contributed by atoms with Crippen molar-refractivity contribution in [3.05, 3.63) is 59.4 Å². The number of hydrogen-bond donors (Lipinski definition) is 0. The first-order chi connectivity index (χ1) is 17.7. The Labute approximate surface area is 220 Å². The Morgan fingerprint density at radius 2 is 1.76 bits per heavy atom. The lowest BCUT2D eigenvalue weighted by molar-refractivity contribution is -0.122. The summed E-state index contributed by atoms with van der Waals surface area (Å²) >= 11 is 0. The van der Waals surface area contributed by atoms with Crippen molar-refractivity contribution in [2.45, 2.75) is 33.2 Å².